The Morgan fingerprint density at radius 3 is 2.08 bits per heavy atom. The normalized spacial score (nSPS) is 30.0. The molecular formula is C13H25O12S+. The number of aliphatic hydroxyl groups is 8. The van der Waals surface area contributed by atoms with E-state index in [1.807, 2.05) is 0 Å². The third-order valence-corrected chi connectivity index (χ3v) is 4.82. The van der Waals surface area contributed by atoms with E-state index in [9.17, 15) is 44.2 Å². The van der Waals surface area contributed by atoms with Crippen molar-refractivity contribution in [2.45, 2.75) is 55.6 Å². The van der Waals surface area contributed by atoms with Gasteiger partial charge in [0.05, 0.1) is 13.2 Å². The number of rotatable bonds is 10. The van der Waals surface area contributed by atoms with E-state index < -0.39 is 78.7 Å². The second-order valence-electron chi connectivity index (χ2n) is 6.20. The highest BCUT2D eigenvalue weighted by Crippen LogP contribution is 2.38. The zero-order valence-electron chi connectivity index (χ0n) is 13.6. The first-order valence-corrected chi connectivity index (χ1v) is 9.09. The summed E-state index contributed by atoms with van der Waals surface area (Å²) in [6, 6.07) is 0. The molecule has 26 heavy (non-hydrogen) atoms. The van der Waals surface area contributed by atoms with Crippen molar-refractivity contribution in [2.24, 2.45) is 5.92 Å². The molecule has 13 heteroatoms. The molecule has 0 heterocycles. The fourth-order valence-corrected chi connectivity index (χ4v) is 3.45. The summed E-state index contributed by atoms with van der Waals surface area (Å²) in [5.41, 5.74) is 0. The van der Waals surface area contributed by atoms with Gasteiger partial charge in [-0.1, -0.05) is 0 Å². The van der Waals surface area contributed by atoms with Crippen molar-refractivity contribution in [3.05, 3.63) is 5.92 Å². The predicted octanol–water partition coefficient (Wildman–Crippen LogP) is -4.69. The monoisotopic (exact) mass is 405 g/mol. The topological polar surface area (TPSA) is 225 Å². The largest absolute Gasteiger partial charge is 0.397 e. The minimum Gasteiger partial charge on any atom is -0.394 e. The van der Waals surface area contributed by atoms with Gasteiger partial charge in [-0.25, -0.2) is 4.18 Å². The summed E-state index contributed by atoms with van der Waals surface area (Å²) < 4.78 is 34.9. The van der Waals surface area contributed by atoms with E-state index in [0.717, 1.165) is 0 Å². The van der Waals surface area contributed by atoms with Crippen LogP contribution >= 0.6 is 0 Å². The first kappa shape index (κ1) is 23.5. The van der Waals surface area contributed by atoms with Crippen molar-refractivity contribution in [2.75, 3.05) is 13.2 Å². The summed E-state index contributed by atoms with van der Waals surface area (Å²) >= 11 is 0. The molecule has 8 atom stereocenters. The van der Waals surface area contributed by atoms with Crippen LogP contribution in [0.1, 0.15) is 12.8 Å². The van der Waals surface area contributed by atoms with Crippen LogP contribution in [-0.4, -0.2) is 110 Å². The van der Waals surface area contributed by atoms with Crippen LogP contribution < -0.4 is 0 Å². The third-order valence-electron chi connectivity index (χ3n) is 4.35. The van der Waals surface area contributed by atoms with Gasteiger partial charge < -0.3 is 40.9 Å². The molecule has 9 N–H and O–H groups in total. The standard InChI is InChI=1S/C13H24O12S/c14-3-6-5(1-7(16)10(6)19)2-8(17)13(25-26(22,23)24)12(21)11(20)9(18)4-15/h6-21H,1-4H2/p+1/t6-,7+,8+,9-,10+,11+,12+,13+/m0/s1. The Bertz CT molecular complexity index is 527. The fourth-order valence-electron chi connectivity index (χ4n) is 2.93. The van der Waals surface area contributed by atoms with Gasteiger partial charge in [0.15, 0.2) is 5.92 Å². The Kier molecular flexibility index (Phi) is 8.63. The Labute approximate surface area is 149 Å². The fraction of sp³-hybridized carbons (Fsp3) is 0.923. The van der Waals surface area contributed by atoms with Gasteiger partial charge in [-0.05, 0) is 0 Å². The summed E-state index contributed by atoms with van der Waals surface area (Å²) in [5, 5.41) is 76.6. The summed E-state index contributed by atoms with van der Waals surface area (Å²) in [6.07, 6.45) is -13.4. The Balaban J connectivity index is 2.95. The maximum absolute atomic E-state index is 11.0. The Hall–Kier alpha value is -0.580. The van der Waals surface area contributed by atoms with E-state index in [4.69, 9.17) is 9.66 Å². The molecular weight excluding hydrogens is 380 g/mol. The highest BCUT2D eigenvalue weighted by molar-refractivity contribution is 7.80. The van der Waals surface area contributed by atoms with Crippen molar-refractivity contribution in [3.63, 3.8) is 0 Å². The van der Waals surface area contributed by atoms with Crippen LogP contribution in [0.3, 0.4) is 0 Å². The van der Waals surface area contributed by atoms with Crippen molar-refractivity contribution in [3.8, 4) is 0 Å². The van der Waals surface area contributed by atoms with Crippen molar-refractivity contribution >= 4 is 10.4 Å². The van der Waals surface area contributed by atoms with Gasteiger partial charge in [-0.2, -0.15) is 8.42 Å². The molecule has 1 fully saturated rings. The minimum atomic E-state index is -5.19. The van der Waals surface area contributed by atoms with Crippen LogP contribution in [0, 0.1) is 11.8 Å². The van der Waals surface area contributed by atoms with Gasteiger partial charge in [0.25, 0.3) is 0 Å². The molecule has 1 aliphatic rings. The van der Waals surface area contributed by atoms with E-state index >= 15 is 0 Å². The first-order chi connectivity index (χ1) is 11.9. The SMILES string of the molecule is O=S(=O)(O)O[C@@H]([C@H](O)[C@H](O)[C@@H](O)CO)[C@H](O)C[C+]1C[C@@H](O)[C@H](O)[C@H]1CO. The van der Waals surface area contributed by atoms with Crippen molar-refractivity contribution in [1.82, 2.24) is 0 Å². The molecule has 0 aliphatic heterocycles. The lowest BCUT2D eigenvalue weighted by Gasteiger charge is -2.30. The molecule has 0 bridgehead atoms. The average molecular weight is 405 g/mol. The minimum absolute atomic E-state index is 0.125. The van der Waals surface area contributed by atoms with Gasteiger partial charge in [0.2, 0.25) is 0 Å². The second kappa shape index (κ2) is 9.57. The van der Waals surface area contributed by atoms with Crippen molar-refractivity contribution in [1.29, 1.82) is 0 Å². The second-order valence-corrected chi connectivity index (χ2v) is 7.25. The van der Waals surface area contributed by atoms with Gasteiger partial charge in [0, 0.05) is 0 Å². The maximum Gasteiger partial charge on any atom is 0.397 e. The molecule has 0 spiro atoms. The van der Waals surface area contributed by atoms with Crippen molar-refractivity contribution < 1.29 is 58.0 Å². The molecule has 1 aliphatic carbocycles. The van der Waals surface area contributed by atoms with Crippen LogP contribution in [0.5, 0.6) is 0 Å². The van der Waals surface area contributed by atoms with E-state index in [2.05, 4.69) is 4.18 Å². The number of hydrogen-bond acceptors (Lipinski definition) is 11. The lowest BCUT2D eigenvalue weighted by atomic mass is 9.87. The summed E-state index contributed by atoms with van der Waals surface area (Å²) in [5.74, 6) is -0.676. The summed E-state index contributed by atoms with van der Waals surface area (Å²) in [6.45, 7) is -1.56. The number of hydrogen-bond donors (Lipinski definition) is 9. The van der Waals surface area contributed by atoms with E-state index in [-0.39, 0.29) is 12.3 Å². The highest BCUT2D eigenvalue weighted by Gasteiger charge is 2.52. The molecule has 0 aromatic heterocycles. The molecule has 1 rings (SSSR count). The molecule has 12 nitrogen and oxygen atoms in total. The highest BCUT2D eigenvalue weighted by atomic mass is 32.3. The quantitative estimate of drug-likeness (QED) is 0.123. The maximum atomic E-state index is 11.0. The zero-order valence-corrected chi connectivity index (χ0v) is 14.4. The van der Waals surface area contributed by atoms with Crippen LogP contribution in [0.25, 0.3) is 0 Å². The van der Waals surface area contributed by atoms with E-state index in [1.54, 1.807) is 0 Å². The third kappa shape index (κ3) is 5.97. The molecule has 0 unspecified atom stereocenters. The number of aliphatic hydroxyl groups excluding tert-OH is 8. The molecule has 0 saturated heterocycles. The van der Waals surface area contributed by atoms with E-state index in [1.165, 1.54) is 0 Å². The average Bonchev–Trinajstić information content (AvgIpc) is 2.82. The summed E-state index contributed by atoms with van der Waals surface area (Å²) in [7, 11) is -5.19. The zero-order chi connectivity index (χ0) is 20.2. The Morgan fingerprint density at radius 2 is 1.62 bits per heavy atom. The van der Waals surface area contributed by atoms with Crippen LogP contribution in [0.2, 0.25) is 0 Å². The predicted molar refractivity (Wildman–Crippen MR) is 82.6 cm³/mol. The Morgan fingerprint density at radius 1 is 1.04 bits per heavy atom. The smallest absolute Gasteiger partial charge is 0.394 e. The van der Waals surface area contributed by atoms with Crippen LogP contribution in [-0.2, 0) is 14.6 Å². The summed E-state index contributed by atoms with van der Waals surface area (Å²) in [4.78, 5) is 0. The lowest BCUT2D eigenvalue weighted by molar-refractivity contribution is -0.133. The molecule has 0 radical (unpaired) electrons. The molecule has 1 saturated carbocycles. The van der Waals surface area contributed by atoms with E-state index in [0.29, 0.717) is 0 Å². The van der Waals surface area contributed by atoms with Gasteiger partial charge >= 0.3 is 10.4 Å². The van der Waals surface area contributed by atoms with Gasteiger partial charge in [0.1, 0.15) is 61.5 Å². The van der Waals surface area contributed by atoms with Crippen LogP contribution in [0.4, 0.5) is 0 Å². The van der Waals surface area contributed by atoms with Crippen LogP contribution in [0.15, 0.2) is 0 Å². The molecule has 0 amide bonds. The van der Waals surface area contributed by atoms with Gasteiger partial charge in [-0.3, -0.25) is 4.55 Å². The lowest BCUT2D eigenvalue weighted by Crippen LogP contribution is -2.52. The molecule has 154 valence electrons. The van der Waals surface area contributed by atoms with Gasteiger partial charge in [-0.15, -0.1) is 0 Å². The molecule has 0 aromatic rings. The molecule has 0 aromatic carbocycles. The first-order valence-electron chi connectivity index (χ1n) is 7.73.